The van der Waals surface area contributed by atoms with Crippen molar-refractivity contribution < 1.29 is 9.53 Å². The summed E-state index contributed by atoms with van der Waals surface area (Å²) in [6.45, 7) is 0. The van der Waals surface area contributed by atoms with E-state index in [1.165, 1.54) is 19.4 Å². The van der Waals surface area contributed by atoms with E-state index in [4.69, 9.17) is 0 Å². The zero-order valence-electron chi connectivity index (χ0n) is 10.2. The van der Waals surface area contributed by atoms with Crippen LogP contribution >= 0.6 is 0 Å². The summed E-state index contributed by atoms with van der Waals surface area (Å²) >= 11 is 0. The molecule has 18 heavy (non-hydrogen) atoms. The van der Waals surface area contributed by atoms with Gasteiger partial charge < -0.3 is 9.64 Å². The van der Waals surface area contributed by atoms with E-state index in [2.05, 4.69) is 14.7 Å². The van der Waals surface area contributed by atoms with Gasteiger partial charge in [0.25, 0.3) is 0 Å². The first-order valence-corrected chi connectivity index (χ1v) is 5.42. The van der Waals surface area contributed by atoms with Crippen LogP contribution in [-0.4, -0.2) is 30.1 Å². The maximum absolute atomic E-state index is 11.4. The van der Waals surface area contributed by atoms with E-state index in [0.717, 1.165) is 5.69 Å². The fourth-order valence-electron chi connectivity index (χ4n) is 1.50. The summed E-state index contributed by atoms with van der Waals surface area (Å²) in [4.78, 5) is 21.5. The molecule has 0 aliphatic carbocycles. The number of para-hydroxylation sites is 1. The summed E-state index contributed by atoms with van der Waals surface area (Å²) in [5.74, 6) is -0.0239. The zero-order chi connectivity index (χ0) is 13.0. The molecule has 0 bridgehead atoms. The summed E-state index contributed by atoms with van der Waals surface area (Å²) in [6, 6.07) is 11.2. The highest BCUT2D eigenvalue weighted by Crippen LogP contribution is 2.19. The van der Waals surface area contributed by atoms with Gasteiger partial charge >= 0.3 is 5.97 Å². The molecule has 0 spiro atoms. The number of esters is 1. The number of methoxy groups -OCH3 is 1. The molecular formula is C13H13N3O2. The number of aromatic nitrogens is 2. The van der Waals surface area contributed by atoms with E-state index in [-0.39, 0.29) is 5.69 Å². The smallest absolute Gasteiger partial charge is 0.356 e. The van der Waals surface area contributed by atoms with Crippen LogP contribution < -0.4 is 4.90 Å². The Balaban J connectivity index is 2.31. The first-order chi connectivity index (χ1) is 8.72. The molecule has 1 aromatic heterocycles. The first-order valence-electron chi connectivity index (χ1n) is 5.42. The van der Waals surface area contributed by atoms with Crippen molar-refractivity contribution in [1.29, 1.82) is 0 Å². The lowest BCUT2D eigenvalue weighted by atomic mass is 10.3. The quantitative estimate of drug-likeness (QED) is 0.772. The molecule has 5 heteroatoms. The summed E-state index contributed by atoms with van der Waals surface area (Å²) in [7, 11) is 3.16. The van der Waals surface area contributed by atoms with E-state index < -0.39 is 5.97 Å². The van der Waals surface area contributed by atoms with Crippen LogP contribution in [0.2, 0.25) is 0 Å². The second-order valence-corrected chi connectivity index (χ2v) is 3.63. The number of nitrogens with zero attached hydrogens (tertiary/aromatic N) is 3. The maximum Gasteiger partial charge on any atom is 0.356 e. The Morgan fingerprint density at radius 1 is 1.22 bits per heavy atom. The van der Waals surface area contributed by atoms with E-state index >= 15 is 0 Å². The predicted octanol–water partition coefficient (Wildman–Crippen LogP) is 2.03. The number of hydrogen-bond donors (Lipinski definition) is 0. The highest BCUT2D eigenvalue weighted by Gasteiger charge is 2.11. The van der Waals surface area contributed by atoms with Crippen LogP contribution in [-0.2, 0) is 4.74 Å². The molecule has 1 aromatic carbocycles. The van der Waals surface area contributed by atoms with Crippen LogP contribution in [0.25, 0.3) is 0 Å². The molecule has 92 valence electrons. The van der Waals surface area contributed by atoms with Gasteiger partial charge in [-0.15, -0.1) is 0 Å². The van der Waals surface area contributed by atoms with E-state index in [1.54, 1.807) is 4.90 Å². The molecule has 2 aromatic rings. The predicted molar refractivity (Wildman–Crippen MR) is 67.9 cm³/mol. The number of rotatable bonds is 3. The van der Waals surface area contributed by atoms with E-state index in [0.29, 0.717) is 5.95 Å². The number of ether oxygens (including phenoxy) is 1. The van der Waals surface area contributed by atoms with Crippen LogP contribution in [0.15, 0.2) is 42.6 Å². The third kappa shape index (κ3) is 2.45. The van der Waals surface area contributed by atoms with Gasteiger partial charge in [0, 0.05) is 18.9 Å². The minimum Gasteiger partial charge on any atom is -0.464 e. The van der Waals surface area contributed by atoms with Crippen molar-refractivity contribution in [3.63, 3.8) is 0 Å². The lowest BCUT2D eigenvalue weighted by Crippen LogP contribution is -2.15. The largest absolute Gasteiger partial charge is 0.464 e. The van der Waals surface area contributed by atoms with Crippen molar-refractivity contribution in [2.75, 3.05) is 19.1 Å². The number of anilines is 2. The summed E-state index contributed by atoms with van der Waals surface area (Å²) in [6.07, 6.45) is 1.54. The van der Waals surface area contributed by atoms with Crippen molar-refractivity contribution in [1.82, 2.24) is 9.97 Å². The molecule has 0 unspecified atom stereocenters. The van der Waals surface area contributed by atoms with Gasteiger partial charge in [-0.2, -0.15) is 0 Å². The Bertz CT molecular complexity index is 543. The Morgan fingerprint density at radius 3 is 2.61 bits per heavy atom. The molecule has 0 aliphatic rings. The molecule has 0 saturated carbocycles. The second-order valence-electron chi connectivity index (χ2n) is 3.63. The van der Waals surface area contributed by atoms with Gasteiger partial charge in [0.05, 0.1) is 7.11 Å². The summed E-state index contributed by atoms with van der Waals surface area (Å²) in [5.41, 5.74) is 1.18. The van der Waals surface area contributed by atoms with Crippen molar-refractivity contribution >= 4 is 17.6 Å². The van der Waals surface area contributed by atoms with Crippen LogP contribution in [0.5, 0.6) is 0 Å². The monoisotopic (exact) mass is 243 g/mol. The third-order valence-corrected chi connectivity index (χ3v) is 2.48. The number of hydrogen-bond acceptors (Lipinski definition) is 5. The van der Waals surface area contributed by atoms with Gasteiger partial charge in [-0.3, -0.25) is 0 Å². The van der Waals surface area contributed by atoms with Crippen LogP contribution in [0.1, 0.15) is 10.5 Å². The van der Waals surface area contributed by atoms with Crippen molar-refractivity contribution in [2.24, 2.45) is 0 Å². The molecule has 5 nitrogen and oxygen atoms in total. The standard InChI is InChI=1S/C13H13N3O2/c1-16(10-6-4-3-5-7-10)13-14-9-8-11(15-13)12(17)18-2/h3-9H,1-2H3. The molecule has 2 rings (SSSR count). The fraction of sp³-hybridized carbons (Fsp3) is 0.154. The van der Waals surface area contributed by atoms with E-state index in [9.17, 15) is 4.79 Å². The molecular weight excluding hydrogens is 230 g/mol. The zero-order valence-corrected chi connectivity index (χ0v) is 10.2. The Labute approximate surface area is 105 Å². The van der Waals surface area contributed by atoms with Gasteiger partial charge in [0.1, 0.15) is 0 Å². The molecule has 0 fully saturated rings. The number of benzene rings is 1. The minimum absolute atomic E-state index is 0.241. The normalized spacial score (nSPS) is 9.89. The fourth-order valence-corrected chi connectivity index (χ4v) is 1.50. The Kier molecular flexibility index (Phi) is 3.52. The first kappa shape index (κ1) is 12.0. The average Bonchev–Trinajstić information content (AvgIpc) is 2.46. The van der Waals surface area contributed by atoms with Crippen molar-refractivity contribution in [3.05, 3.63) is 48.3 Å². The van der Waals surface area contributed by atoms with Gasteiger partial charge in [0.2, 0.25) is 5.95 Å². The molecule has 0 aliphatic heterocycles. The second kappa shape index (κ2) is 5.27. The third-order valence-electron chi connectivity index (χ3n) is 2.48. The van der Waals surface area contributed by atoms with Gasteiger partial charge in [-0.05, 0) is 18.2 Å². The SMILES string of the molecule is COC(=O)c1ccnc(N(C)c2ccccc2)n1. The van der Waals surface area contributed by atoms with Gasteiger partial charge in [0.15, 0.2) is 5.69 Å². The molecule has 0 radical (unpaired) electrons. The van der Waals surface area contributed by atoms with Crippen LogP contribution in [0, 0.1) is 0 Å². The molecule has 0 atom stereocenters. The molecule has 1 heterocycles. The van der Waals surface area contributed by atoms with Crippen LogP contribution in [0.3, 0.4) is 0 Å². The molecule has 0 amide bonds. The lowest BCUT2D eigenvalue weighted by molar-refractivity contribution is 0.0594. The van der Waals surface area contributed by atoms with Crippen molar-refractivity contribution in [2.45, 2.75) is 0 Å². The van der Waals surface area contributed by atoms with E-state index in [1.807, 2.05) is 37.4 Å². The van der Waals surface area contributed by atoms with Crippen LogP contribution in [0.4, 0.5) is 11.6 Å². The summed E-state index contributed by atoms with van der Waals surface area (Å²) < 4.78 is 4.63. The number of carbonyl (C=O) groups excluding carboxylic acids is 1. The number of carbonyl (C=O) groups is 1. The van der Waals surface area contributed by atoms with Gasteiger partial charge in [-0.1, -0.05) is 18.2 Å². The highest BCUT2D eigenvalue weighted by molar-refractivity contribution is 5.87. The van der Waals surface area contributed by atoms with Crippen molar-refractivity contribution in [3.8, 4) is 0 Å². The molecule has 0 N–H and O–H groups in total. The van der Waals surface area contributed by atoms with Gasteiger partial charge in [-0.25, -0.2) is 14.8 Å². The summed E-state index contributed by atoms with van der Waals surface area (Å²) in [5, 5.41) is 0. The topological polar surface area (TPSA) is 55.3 Å². The minimum atomic E-state index is -0.472. The Morgan fingerprint density at radius 2 is 1.94 bits per heavy atom. The maximum atomic E-state index is 11.4. The highest BCUT2D eigenvalue weighted by atomic mass is 16.5. The Hall–Kier alpha value is -2.43. The lowest BCUT2D eigenvalue weighted by Gasteiger charge is -2.16. The molecule has 0 saturated heterocycles. The average molecular weight is 243 g/mol.